The van der Waals surface area contributed by atoms with Crippen molar-refractivity contribution < 1.29 is 4.39 Å². The summed E-state index contributed by atoms with van der Waals surface area (Å²) >= 11 is 0. The predicted octanol–water partition coefficient (Wildman–Crippen LogP) is 14.4. The van der Waals surface area contributed by atoms with E-state index in [0.29, 0.717) is 23.2 Å². The quantitative estimate of drug-likeness (QED) is 0.178. The van der Waals surface area contributed by atoms with Gasteiger partial charge in [-0.2, -0.15) is 0 Å². The lowest BCUT2D eigenvalue weighted by atomic mass is 9.43. The maximum atomic E-state index is 17.3. The summed E-state index contributed by atoms with van der Waals surface area (Å²) in [5.41, 5.74) is 13.6. The summed E-state index contributed by atoms with van der Waals surface area (Å²) in [6.45, 7) is 2.19. The van der Waals surface area contributed by atoms with Crippen LogP contribution in [0.3, 0.4) is 0 Å². The van der Waals surface area contributed by atoms with Gasteiger partial charge < -0.3 is 0 Å². The second-order valence-electron chi connectivity index (χ2n) is 19.1. The number of fused-ring (bicyclic) bond motifs is 8. The van der Waals surface area contributed by atoms with E-state index in [1.165, 1.54) is 65.3 Å². The zero-order chi connectivity index (χ0) is 41.6. The summed E-state index contributed by atoms with van der Waals surface area (Å²) in [7, 11) is 0. The SMILES string of the molecule is Cc1ccc2c(c1)-c1cc(-c3ccc4c(c3)c3cc5ncccc5cc3n4-c3cc(-c4ccc5ccccc5c4)nc(-c4ccccc4)n3)c(F)cc1C21C2CC3CC(C2)CC1C3. The van der Waals surface area contributed by atoms with E-state index in [0.717, 1.165) is 78.1 Å². The Balaban J connectivity index is 0.986. The number of aryl methyl sites for hydroxylation is 1. The Morgan fingerprint density at radius 3 is 2.13 bits per heavy atom. The molecule has 0 N–H and O–H groups in total. The molecule has 0 atom stereocenters. The number of benzene rings is 7. The van der Waals surface area contributed by atoms with Crippen LogP contribution in [0, 0.1) is 36.4 Å². The van der Waals surface area contributed by atoms with E-state index < -0.39 is 0 Å². The Labute approximate surface area is 365 Å². The predicted molar refractivity (Wildman–Crippen MR) is 253 cm³/mol. The van der Waals surface area contributed by atoms with Crippen LogP contribution in [-0.2, 0) is 5.41 Å². The van der Waals surface area contributed by atoms with Gasteiger partial charge in [0.2, 0.25) is 0 Å². The molecule has 4 nitrogen and oxygen atoms in total. The van der Waals surface area contributed by atoms with E-state index in [9.17, 15) is 0 Å². The zero-order valence-corrected chi connectivity index (χ0v) is 35.0. The second kappa shape index (κ2) is 13.0. The molecule has 0 amide bonds. The first-order valence-corrected chi connectivity index (χ1v) is 22.7. The van der Waals surface area contributed by atoms with Gasteiger partial charge in [0.1, 0.15) is 11.6 Å². The van der Waals surface area contributed by atoms with E-state index >= 15 is 4.39 Å². The molecule has 5 aliphatic carbocycles. The molecule has 1 spiro atoms. The molecule has 10 aromatic rings. The van der Waals surface area contributed by atoms with Gasteiger partial charge in [0.05, 0.1) is 22.2 Å². The Morgan fingerprint density at radius 1 is 0.540 bits per heavy atom. The van der Waals surface area contributed by atoms with Gasteiger partial charge in [0, 0.05) is 50.5 Å². The molecular formula is C58H43FN4. The average Bonchev–Trinajstić information content (AvgIpc) is 3.77. The summed E-state index contributed by atoms with van der Waals surface area (Å²) in [6, 6.07) is 53.5. The van der Waals surface area contributed by atoms with Gasteiger partial charge >= 0.3 is 0 Å². The van der Waals surface area contributed by atoms with Crippen molar-refractivity contribution in [2.24, 2.45) is 23.7 Å². The summed E-state index contributed by atoms with van der Waals surface area (Å²) in [5.74, 6) is 4.11. The number of aromatic nitrogens is 4. The molecular weight excluding hydrogens is 772 g/mol. The minimum Gasteiger partial charge on any atom is -0.294 e. The molecule has 5 heteroatoms. The van der Waals surface area contributed by atoms with Crippen LogP contribution in [0.5, 0.6) is 0 Å². The van der Waals surface area contributed by atoms with Crippen LogP contribution in [0.2, 0.25) is 0 Å². The van der Waals surface area contributed by atoms with Crippen LogP contribution in [0.1, 0.15) is 48.8 Å². The van der Waals surface area contributed by atoms with Crippen LogP contribution in [0.25, 0.3) is 94.2 Å². The van der Waals surface area contributed by atoms with Gasteiger partial charge in [0.25, 0.3) is 0 Å². The lowest BCUT2D eigenvalue weighted by molar-refractivity contribution is -0.0400. The molecule has 15 rings (SSSR count). The van der Waals surface area contributed by atoms with Gasteiger partial charge in [-0.3, -0.25) is 9.55 Å². The van der Waals surface area contributed by atoms with Crippen molar-refractivity contribution in [3.63, 3.8) is 0 Å². The van der Waals surface area contributed by atoms with Gasteiger partial charge in [-0.15, -0.1) is 0 Å². The molecule has 0 saturated heterocycles. The normalized spacial score (nSPS) is 21.9. The van der Waals surface area contributed by atoms with Crippen LogP contribution in [0.15, 0.2) is 158 Å². The molecule has 4 bridgehead atoms. The molecule has 0 unspecified atom stereocenters. The van der Waals surface area contributed by atoms with Gasteiger partial charge in [-0.1, -0.05) is 103 Å². The number of rotatable bonds is 4. The summed E-state index contributed by atoms with van der Waals surface area (Å²) in [4.78, 5) is 15.3. The van der Waals surface area contributed by atoms with Crippen LogP contribution < -0.4 is 0 Å². The zero-order valence-electron chi connectivity index (χ0n) is 35.0. The van der Waals surface area contributed by atoms with Gasteiger partial charge in [-0.25, -0.2) is 14.4 Å². The van der Waals surface area contributed by atoms with Crippen molar-refractivity contribution in [1.29, 1.82) is 0 Å². The van der Waals surface area contributed by atoms with E-state index in [2.05, 4.69) is 133 Å². The molecule has 0 aliphatic heterocycles. The maximum absolute atomic E-state index is 17.3. The second-order valence-corrected chi connectivity index (χ2v) is 19.1. The molecule has 63 heavy (non-hydrogen) atoms. The monoisotopic (exact) mass is 814 g/mol. The third-order valence-electron chi connectivity index (χ3n) is 15.7. The third-order valence-corrected chi connectivity index (χ3v) is 15.7. The van der Waals surface area contributed by atoms with Crippen LogP contribution in [0.4, 0.5) is 4.39 Å². The van der Waals surface area contributed by atoms with Crippen molar-refractivity contribution in [2.45, 2.75) is 44.4 Å². The average molecular weight is 815 g/mol. The minimum absolute atomic E-state index is 0.0849. The number of hydrogen-bond donors (Lipinski definition) is 0. The molecule has 3 aromatic heterocycles. The standard InChI is InChI=1S/C58H43FN4/c1-33-13-17-49-45(20-33)46-29-44(51(59)31-50(46)58(49)42-22-34-21-35(24-42)25-43(58)23-34)39-16-18-54-47(27-39)48-30-52-40(12-7-19-60-52)28-55(48)63(54)56-32-53(61-57(62-56)37-9-3-2-4-10-37)41-15-14-36-8-5-6-11-38(36)26-41/h2-20,26-32,34-35,42-43H,21-25H2,1H3. The summed E-state index contributed by atoms with van der Waals surface area (Å²) < 4.78 is 19.6. The number of hydrogen-bond acceptors (Lipinski definition) is 3. The summed E-state index contributed by atoms with van der Waals surface area (Å²) in [5, 5.41) is 5.45. The molecule has 302 valence electrons. The number of nitrogens with zero attached hydrogens (tertiary/aromatic N) is 4. The van der Waals surface area contributed by atoms with Crippen molar-refractivity contribution in [1.82, 2.24) is 19.5 Å². The summed E-state index contributed by atoms with van der Waals surface area (Å²) in [6.07, 6.45) is 8.34. The van der Waals surface area contributed by atoms with Crippen molar-refractivity contribution in [3.8, 4) is 50.7 Å². The van der Waals surface area contributed by atoms with E-state index in [4.69, 9.17) is 15.0 Å². The molecule has 4 fully saturated rings. The Morgan fingerprint density at radius 2 is 1.29 bits per heavy atom. The van der Waals surface area contributed by atoms with Crippen LogP contribution >= 0.6 is 0 Å². The third kappa shape index (κ3) is 5.11. The lowest BCUT2D eigenvalue weighted by Gasteiger charge is -2.61. The smallest absolute Gasteiger partial charge is 0.162 e. The number of pyridine rings is 1. The topological polar surface area (TPSA) is 43.6 Å². The highest BCUT2D eigenvalue weighted by Gasteiger charge is 2.61. The van der Waals surface area contributed by atoms with Crippen molar-refractivity contribution in [3.05, 3.63) is 180 Å². The molecule has 3 heterocycles. The molecule has 5 aliphatic rings. The molecule has 4 saturated carbocycles. The highest BCUT2D eigenvalue weighted by Crippen LogP contribution is 2.69. The fourth-order valence-electron chi connectivity index (χ4n) is 13.3. The Bertz CT molecular complexity index is 3540. The van der Waals surface area contributed by atoms with E-state index in [-0.39, 0.29) is 11.2 Å². The van der Waals surface area contributed by atoms with Crippen molar-refractivity contribution in [2.75, 3.05) is 0 Å². The number of halogens is 1. The first-order chi connectivity index (χ1) is 31.0. The Hall–Kier alpha value is -6.98. The fraction of sp³-hybridized carbons (Fsp3) is 0.190. The van der Waals surface area contributed by atoms with E-state index in [1.54, 1.807) is 0 Å². The van der Waals surface area contributed by atoms with E-state index in [1.807, 2.05) is 36.5 Å². The molecule has 0 radical (unpaired) electrons. The Kier molecular flexibility index (Phi) is 7.36. The fourth-order valence-corrected chi connectivity index (χ4v) is 13.3. The molecule has 7 aromatic carbocycles. The maximum Gasteiger partial charge on any atom is 0.162 e. The largest absolute Gasteiger partial charge is 0.294 e. The minimum atomic E-state index is -0.134. The lowest BCUT2D eigenvalue weighted by Crippen LogP contribution is -2.55. The van der Waals surface area contributed by atoms with Crippen LogP contribution in [-0.4, -0.2) is 19.5 Å². The van der Waals surface area contributed by atoms with Crippen molar-refractivity contribution >= 4 is 43.5 Å². The first kappa shape index (κ1) is 35.6. The first-order valence-electron chi connectivity index (χ1n) is 22.7. The highest BCUT2D eigenvalue weighted by atomic mass is 19.1. The van der Waals surface area contributed by atoms with Gasteiger partial charge in [0.15, 0.2) is 5.82 Å². The highest BCUT2D eigenvalue weighted by molar-refractivity contribution is 6.14. The van der Waals surface area contributed by atoms with Gasteiger partial charge in [-0.05, 0) is 150 Å².